The Labute approximate surface area is 166 Å². The number of hydrogen-bond acceptors (Lipinski definition) is 5. The van der Waals surface area contributed by atoms with E-state index in [0.717, 1.165) is 17.8 Å². The molecule has 1 amide bonds. The SMILES string of the molecule is N#Cc1ccc(Oc2ccc(C=C3SC(N)=NC3=O)cc2Cl)c(C(F)(F)F)c1. The summed E-state index contributed by atoms with van der Waals surface area (Å²) in [7, 11) is 0. The molecule has 0 saturated carbocycles. The number of halogens is 4. The molecule has 0 unspecified atom stereocenters. The topological polar surface area (TPSA) is 88.5 Å². The van der Waals surface area contributed by atoms with Gasteiger partial charge in [-0.25, -0.2) is 0 Å². The van der Waals surface area contributed by atoms with E-state index < -0.39 is 23.4 Å². The van der Waals surface area contributed by atoms with Crippen LogP contribution < -0.4 is 10.5 Å². The van der Waals surface area contributed by atoms with Crippen LogP contribution in [0, 0.1) is 11.3 Å². The van der Waals surface area contributed by atoms with Gasteiger partial charge in [-0.05, 0) is 53.7 Å². The molecule has 10 heteroatoms. The van der Waals surface area contributed by atoms with Crippen LogP contribution >= 0.6 is 23.4 Å². The molecule has 0 aromatic heterocycles. The molecule has 2 N–H and O–H groups in total. The van der Waals surface area contributed by atoms with E-state index >= 15 is 0 Å². The van der Waals surface area contributed by atoms with Crippen LogP contribution in [0.4, 0.5) is 13.2 Å². The molecule has 1 heterocycles. The van der Waals surface area contributed by atoms with Gasteiger partial charge in [0.15, 0.2) is 5.17 Å². The van der Waals surface area contributed by atoms with Gasteiger partial charge < -0.3 is 10.5 Å². The lowest BCUT2D eigenvalue weighted by Gasteiger charge is -2.15. The number of rotatable bonds is 3. The lowest BCUT2D eigenvalue weighted by Crippen LogP contribution is -2.07. The summed E-state index contributed by atoms with van der Waals surface area (Å²) in [6.07, 6.45) is -3.20. The van der Waals surface area contributed by atoms with Crippen molar-refractivity contribution in [2.45, 2.75) is 6.18 Å². The third-order valence-corrected chi connectivity index (χ3v) is 4.63. The number of ether oxygens (including phenoxy) is 1. The van der Waals surface area contributed by atoms with Crippen LogP contribution in [-0.4, -0.2) is 11.1 Å². The molecule has 0 radical (unpaired) electrons. The Hall–Kier alpha value is -2.96. The van der Waals surface area contributed by atoms with Crippen LogP contribution in [-0.2, 0) is 11.0 Å². The van der Waals surface area contributed by atoms with Crippen molar-refractivity contribution in [1.82, 2.24) is 0 Å². The summed E-state index contributed by atoms with van der Waals surface area (Å²) >= 11 is 7.12. The van der Waals surface area contributed by atoms with Crippen molar-refractivity contribution < 1.29 is 22.7 Å². The predicted molar refractivity (Wildman–Crippen MR) is 99.9 cm³/mol. The van der Waals surface area contributed by atoms with Gasteiger partial charge in [-0.2, -0.15) is 23.4 Å². The predicted octanol–water partition coefficient (Wildman–Crippen LogP) is 4.95. The zero-order valence-electron chi connectivity index (χ0n) is 13.7. The van der Waals surface area contributed by atoms with Crippen LogP contribution in [0.5, 0.6) is 11.5 Å². The molecule has 3 rings (SSSR count). The zero-order chi connectivity index (χ0) is 20.5. The summed E-state index contributed by atoms with van der Waals surface area (Å²) in [4.78, 5) is 15.5. The largest absolute Gasteiger partial charge is 0.455 e. The number of amidine groups is 1. The molecule has 0 bridgehead atoms. The molecular weight excluding hydrogens is 415 g/mol. The lowest BCUT2D eigenvalue weighted by atomic mass is 10.1. The first-order valence-electron chi connectivity index (χ1n) is 7.54. The maximum absolute atomic E-state index is 13.2. The first kappa shape index (κ1) is 19.8. The van der Waals surface area contributed by atoms with E-state index in [9.17, 15) is 18.0 Å². The second-order valence-electron chi connectivity index (χ2n) is 5.48. The first-order valence-corrected chi connectivity index (χ1v) is 8.73. The number of aliphatic imine (C=N–C) groups is 1. The molecule has 0 atom stereocenters. The Morgan fingerprint density at radius 3 is 2.50 bits per heavy atom. The number of alkyl halides is 3. The summed E-state index contributed by atoms with van der Waals surface area (Å²) in [5.41, 5.74) is 4.76. The normalized spacial score (nSPS) is 15.5. The second kappa shape index (κ2) is 7.58. The van der Waals surface area contributed by atoms with E-state index in [1.165, 1.54) is 30.3 Å². The van der Waals surface area contributed by atoms with Gasteiger partial charge >= 0.3 is 6.18 Å². The minimum atomic E-state index is -4.71. The van der Waals surface area contributed by atoms with Crippen molar-refractivity contribution in [2.24, 2.45) is 10.7 Å². The Morgan fingerprint density at radius 1 is 1.21 bits per heavy atom. The molecule has 142 valence electrons. The van der Waals surface area contributed by atoms with Gasteiger partial charge in [0.25, 0.3) is 5.91 Å². The number of thioether (sulfide) groups is 1. The summed E-state index contributed by atoms with van der Waals surface area (Å²) < 4.78 is 45.1. The third-order valence-electron chi connectivity index (χ3n) is 3.52. The van der Waals surface area contributed by atoms with Gasteiger partial charge in [0, 0.05) is 0 Å². The number of hydrogen-bond donors (Lipinski definition) is 1. The van der Waals surface area contributed by atoms with E-state index in [-0.39, 0.29) is 21.5 Å². The average Bonchev–Trinajstić information content (AvgIpc) is 2.93. The number of nitrogens with two attached hydrogens (primary N) is 1. The molecule has 0 aliphatic carbocycles. The number of carbonyl (C=O) groups excluding carboxylic acids is 1. The van der Waals surface area contributed by atoms with Gasteiger partial charge in [-0.15, -0.1) is 0 Å². The summed E-state index contributed by atoms with van der Waals surface area (Å²) in [5, 5.41) is 8.97. The smallest absolute Gasteiger partial charge is 0.420 e. The maximum atomic E-state index is 13.2. The Bertz CT molecular complexity index is 1070. The lowest BCUT2D eigenvalue weighted by molar-refractivity contribution is -0.138. The molecule has 28 heavy (non-hydrogen) atoms. The minimum Gasteiger partial charge on any atom is -0.455 e. The number of benzene rings is 2. The highest BCUT2D eigenvalue weighted by Gasteiger charge is 2.35. The molecule has 2 aromatic rings. The van der Waals surface area contributed by atoms with Gasteiger partial charge in [0.05, 0.1) is 27.1 Å². The van der Waals surface area contributed by atoms with Gasteiger partial charge in [-0.1, -0.05) is 17.7 Å². The van der Waals surface area contributed by atoms with Gasteiger partial charge in [0.2, 0.25) is 0 Å². The number of nitriles is 1. The zero-order valence-corrected chi connectivity index (χ0v) is 15.3. The Morgan fingerprint density at radius 2 is 1.93 bits per heavy atom. The van der Waals surface area contributed by atoms with Crippen LogP contribution in [0.1, 0.15) is 16.7 Å². The fourth-order valence-corrected chi connectivity index (χ4v) is 3.20. The molecule has 5 nitrogen and oxygen atoms in total. The molecule has 1 aliphatic rings. The number of nitrogens with zero attached hydrogens (tertiary/aromatic N) is 2. The van der Waals surface area contributed by atoms with E-state index in [1.54, 1.807) is 6.07 Å². The summed E-state index contributed by atoms with van der Waals surface area (Å²) in [5.74, 6) is -0.978. The van der Waals surface area contributed by atoms with Crippen molar-refractivity contribution in [3.8, 4) is 17.6 Å². The quantitative estimate of drug-likeness (QED) is 0.705. The maximum Gasteiger partial charge on any atom is 0.420 e. The fourth-order valence-electron chi connectivity index (χ4n) is 2.30. The van der Waals surface area contributed by atoms with E-state index in [2.05, 4.69) is 4.99 Å². The van der Waals surface area contributed by atoms with Crippen LogP contribution in [0.15, 0.2) is 46.3 Å². The van der Waals surface area contributed by atoms with Crippen molar-refractivity contribution in [2.75, 3.05) is 0 Å². The molecule has 1 aliphatic heterocycles. The molecule has 0 saturated heterocycles. The van der Waals surface area contributed by atoms with E-state index in [1.807, 2.05) is 0 Å². The van der Waals surface area contributed by atoms with Crippen molar-refractivity contribution in [1.29, 1.82) is 5.26 Å². The number of carbonyl (C=O) groups is 1. The fraction of sp³-hybridized carbons (Fsp3) is 0.0556. The van der Waals surface area contributed by atoms with Crippen LogP contribution in [0.3, 0.4) is 0 Å². The molecule has 0 spiro atoms. The minimum absolute atomic E-state index is 0.0137. The highest BCUT2D eigenvalue weighted by atomic mass is 35.5. The first-order chi connectivity index (χ1) is 13.2. The third kappa shape index (κ3) is 4.30. The van der Waals surface area contributed by atoms with Crippen molar-refractivity contribution in [3.63, 3.8) is 0 Å². The average molecular weight is 424 g/mol. The Kier molecular flexibility index (Phi) is 5.36. The Balaban J connectivity index is 1.90. The summed E-state index contributed by atoms with van der Waals surface area (Å²) in [6, 6.07) is 8.96. The van der Waals surface area contributed by atoms with Gasteiger partial charge in [-0.3, -0.25) is 4.79 Å². The van der Waals surface area contributed by atoms with Crippen molar-refractivity contribution >= 4 is 40.5 Å². The molecule has 0 fully saturated rings. The summed E-state index contributed by atoms with van der Waals surface area (Å²) in [6.45, 7) is 0. The second-order valence-corrected chi connectivity index (χ2v) is 6.95. The van der Waals surface area contributed by atoms with E-state index in [0.29, 0.717) is 16.5 Å². The van der Waals surface area contributed by atoms with Crippen LogP contribution in [0.2, 0.25) is 5.02 Å². The highest BCUT2D eigenvalue weighted by Crippen LogP contribution is 2.40. The van der Waals surface area contributed by atoms with Crippen molar-refractivity contribution in [3.05, 3.63) is 63.0 Å². The van der Waals surface area contributed by atoms with Gasteiger partial charge in [0.1, 0.15) is 11.5 Å². The van der Waals surface area contributed by atoms with Crippen LogP contribution in [0.25, 0.3) is 6.08 Å². The molecule has 2 aromatic carbocycles. The number of amides is 1. The van der Waals surface area contributed by atoms with E-state index in [4.69, 9.17) is 27.3 Å². The highest BCUT2D eigenvalue weighted by molar-refractivity contribution is 8.18. The monoisotopic (exact) mass is 423 g/mol. The standard InChI is InChI=1S/C18H9ClF3N3O2S/c19-12-6-9(7-15-16(26)25-17(24)28-15)1-4-14(12)27-13-3-2-10(8-23)5-11(13)18(20,21)22/h1-7H,(H2,24,25,26). The molecular formula is C18H9ClF3N3O2S.